The fourth-order valence-electron chi connectivity index (χ4n) is 2.75. The van der Waals surface area contributed by atoms with E-state index in [1.54, 1.807) is 0 Å². The maximum Gasteiger partial charge on any atom is 0.305 e. The highest BCUT2D eigenvalue weighted by Gasteiger charge is 2.39. The Kier molecular flexibility index (Phi) is 4.68. The van der Waals surface area contributed by atoms with Crippen molar-refractivity contribution in [1.82, 2.24) is 15.5 Å². The molecule has 1 saturated heterocycles. The van der Waals surface area contributed by atoms with E-state index in [1.807, 2.05) is 30.3 Å². The number of carbonyl (C=O) groups is 2. The van der Waals surface area contributed by atoms with Crippen LogP contribution < -0.4 is 5.32 Å². The zero-order valence-corrected chi connectivity index (χ0v) is 14.3. The van der Waals surface area contributed by atoms with Gasteiger partial charge in [-0.25, -0.2) is 0 Å². The number of hydrogen-bond donors (Lipinski definition) is 3. The average molecular weight is 394 g/mol. The van der Waals surface area contributed by atoms with Crippen molar-refractivity contribution in [3.05, 3.63) is 40.5 Å². The van der Waals surface area contributed by atoms with Crippen molar-refractivity contribution >= 4 is 27.8 Å². The molecule has 2 heterocycles. The van der Waals surface area contributed by atoms with Crippen LogP contribution in [0.3, 0.4) is 0 Å². The molecule has 1 aliphatic heterocycles. The van der Waals surface area contributed by atoms with Crippen molar-refractivity contribution in [2.75, 3.05) is 13.2 Å². The zero-order valence-electron chi connectivity index (χ0n) is 12.7. The van der Waals surface area contributed by atoms with E-state index < -0.39 is 17.4 Å². The molecule has 0 bridgehead atoms. The number of benzene rings is 1. The normalized spacial score (nSPS) is 20.0. The number of halogens is 1. The van der Waals surface area contributed by atoms with Gasteiger partial charge in [0.15, 0.2) is 0 Å². The summed E-state index contributed by atoms with van der Waals surface area (Å²) in [5.41, 5.74) is 0.853. The third-order valence-corrected chi connectivity index (χ3v) is 4.72. The molecule has 3 rings (SSSR count). The Morgan fingerprint density at radius 3 is 2.75 bits per heavy atom. The van der Waals surface area contributed by atoms with Gasteiger partial charge in [-0.15, -0.1) is 0 Å². The molecule has 8 heteroatoms. The van der Waals surface area contributed by atoms with Crippen LogP contribution >= 0.6 is 15.9 Å². The third kappa shape index (κ3) is 3.34. The van der Waals surface area contributed by atoms with Crippen LogP contribution in [0.4, 0.5) is 0 Å². The van der Waals surface area contributed by atoms with E-state index in [2.05, 4.69) is 31.4 Å². The number of rotatable bonds is 5. The molecule has 1 aromatic carbocycles. The van der Waals surface area contributed by atoms with Crippen molar-refractivity contribution < 1.29 is 19.4 Å². The molecule has 1 unspecified atom stereocenters. The van der Waals surface area contributed by atoms with Crippen LogP contribution in [0.25, 0.3) is 11.3 Å². The molecule has 126 valence electrons. The number of aromatic amines is 1. The third-order valence-electron chi connectivity index (χ3n) is 3.95. The predicted molar refractivity (Wildman–Crippen MR) is 89.6 cm³/mol. The number of aliphatic carboxylic acids is 1. The maximum atomic E-state index is 12.6. The first-order valence-electron chi connectivity index (χ1n) is 7.42. The molecule has 24 heavy (non-hydrogen) atoms. The SMILES string of the molecule is O=C(O)CC1(NC(=O)c2[nH]nc(-c3ccccc3)c2Br)CCOC1. The minimum absolute atomic E-state index is 0.183. The van der Waals surface area contributed by atoms with Gasteiger partial charge in [0, 0.05) is 12.2 Å². The summed E-state index contributed by atoms with van der Waals surface area (Å²) in [6, 6.07) is 9.44. The number of carbonyl (C=O) groups excluding carboxylic acids is 1. The second kappa shape index (κ2) is 6.74. The van der Waals surface area contributed by atoms with Crippen LogP contribution in [-0.2, 0) is 9.53 Å². The first-order valence-corrected chi connectivity index (χ1v) is 8.21. The van der Waals surface area contributed by atoms with E-state index in [4.69, 9.17) is 9.84 Å². The van der Waals surface area contributed by atoms with E-state index in [9.17, 15) is 9.59 Å². The number of carboxylic acids is 1. The Morgan fingerprint density at radius 2 is 2.12 bits per heavy atom. The second-order valence-corrected chi connectivity index (χ2v) is 6.53. The Balaban J connectivity index is 1.83. The quantitative estimate of drug-likeness (QED) is 0.722. The van der Waals surface area contributed by atoms with Gasteiger partial charge in [-0.1, -0.05) is 30.3 Å². The van der Waals surface area contributed by atoms with Gasteiger partial charge < -0.3 is 15.2 Å². The van der Waals surface area contributed by atoms with Gasteiger partial charge >= 0.3 is 5.97 Å². The largest absolute Gasteiger partial charge is 0.481 e. The fourth-order valence-corrected chi connectivity index (χ4v) is 3.33. The highest BCUT2D eigenvalue weighted by Crippen LogP contribution is 2.30. The molecule has 1 fully saturated rings. The van der Waals surface area contributed by atoms with E-state index in [-0.39, 0.29) is 18.7 Å². The molecule has 1 aliphatic rings. The number of ether oxygens (including phenoxy) is 1. The van der Waals surface area contributed by atoms with Crippen molar-refractivity contribution in [2.45, 2.75) is 18.4 Å². The summed E-state index contributed by atoms with van der Waals surface area (Å²) in [7, 11) is 0. The lowest BCUT2D eigenvalue weighted by Crippen LogP contribution is -2.50. The lowest BCUT2D eigenvalue weighted by atomic mass is 9.94. The number of nitrogens with one attached hydrogen (secondary N) is 2. The van der Waals surface area contributed by atoms with E-state index in [1.165, 1.54) is 0 Å². The van der Waals surface area contributed by atoms with Crippen molar-refractivity contribution in [3.63, 3.8) is 0 Å². The van der Waals surface area contributed by atoms with Crippen LogP contribution in [-0.4, -0.2) is 45.9 Å². The molecule has 0 aliphatic carbocycles. The van der Waals surface area contributed by atoms with Crippen molar-refractivity contribution in [3.8, 4) is 11.3 Å². The summed E-state index contributed by atoms with van der Waals surface area (Å²) in [6.45, 7) is 0.606. The number of amides is 1. The molecule has 3 N–H and O–H groups in total. The molecule has 1 amide bonds. The van der Waals surface area contributed by atoms with E-state index in [0.29, 0.717) is 23.2 Å². The van der Waals surface area contributed by atoms with Gasteiger partial charge in [0.25, 0.3) is 5.91 Å². The van der Waals surface area contributed by atoms with Crippen LogP contribution in [0.2, 0.25) is 0 Å². The van der Waals surface area contributed by atoms with Crippen LogP contribution in [0.1, 0.15) is 23.3 Å². The van der Waals surface area contributed by atoms with E-state index in [0.717, 1.165) is 5.56 Å². The molecule has 1 aromatic heterocycles. The molecule has 0 spiro atoms. The molecule has 1 atom stereocenters. The lowest BCUT2D eigenvalue weighted by Gasteiger charge is -2.26. The fraction of sp³-hybridized carbons (Fsp3) is 0.312. The molecule has 0 radical (unpaired) electrons. The summed E-state index contributed by atoms with van der Waals surface area (Å²) in [5.74, 6) is -1.39. The standard InChI is InChI=1S/C16H16BrN3O4/c17-12-13(10-4-2-1-3-5-10)19-20-14(12)15(23)18-16(8-11(21)22)6-7-24-9-16/h1-5H,6-9H2,(H,18,23)(H,19,20)(H,21,22). The highest BCUT2D eigenvalue weighted by atomic mass is 79.9. The van der Waals surface area contributed by atoms with Gasteiger partial charge in [0.05, 0.1) is 23.0 Å². The monoisotopic (exact) mass is 393 g/mol. The number of hydrogen-bond acceptors (Lipinski definition) is 4. The maximum absolute atomic E-state index is 12.6. The summed E-state index contributed by atoms with van der Waals surface area (Å²) in [4.78, 5) is 23.7. The Labute approximate surface area is 146 Å². The Hall–Kier alpha value is -2.19. The average Bonchev–Trinajstić information content (AvgIpc) is 3.14. The number of H-pyrrole nitrogens is 1. The summed E-state index contributed by atoms with van der Waals surface area (Å²) < 4.78 is 5.82. The summed E-state index contributed by atoms with van der Waals surface area (Å²) in [5, 5.41) is 18.8. The summed E-state index contributed by atoms with van der Waals surface area (Å²) >= 11 is 3.40. The van der Waals surface area contributed by atoms with Gasteiger partial charge in [-0.05, 0) is 22.4 Å². The van der Waals surface area contributed by atoms with Crippen LogP contribution in [0.15, 0.2) is 34.8 Å². The summed E-state index contributed by atoms with van der Waals surface area (Å²) in [6.07, 6.45) is 0.276. The van der Waals surface area contributed by atoms with Crippen LogP contribution in [0, 0.1) is 0 Å². The molecular weight excluding hydrogens is 378 g/mol. The minimum Gasteiger partial charge on any atom is -0.481 e. The molecule has 0 saturated carbocycles. The van der Waals surface area contributed by atoms with E-state index >= 15 is 0 Å². The van der Waals surface area contributed by atoms with Gasteiger partial charge in [-0.3, -0.25) is 14.7 Å². The van der Waals surface area contributed by atoms with Gasteiger partial charge in [-0.2, -0.15) is 5.10 Å². The molecule has 7 nitrogen and oxygen atoms in total. The van der Waals surface area contributed by atoms with Crippen LogP contribution in [0.5, 0.6) is 0 Å². The zero-order chi connectivity index (χ0) is 17.2. The smallest absolute Gasteiger partial charge is 0.305 e. The minimum atomic E-state index is -0.977. The first kappa shape index (κ1) is 16.7. The number of nitrogens with zero attached hydrogens (tertiary/aromatic N) is 1. The second-order valence-electron chi connectivity index (χ2n) is 5.73. The first-order chi connectivity index (χ1) is 11.5. The number of aromatic nitrogens is 2. The Morgan fingerprint density at radius 1 is 1.38 bits per heavy atom. The van der Waals surface area contributed by atoms with Gasteiger partial charge in [0.2, 0.25) is 0 Å². The highest BCUT2D eigenvalue weighted by molar-refractivity contribution is 9.10. The molecule has 2 aromatic rings. The Bertz CT molecular complexity index is 754. The van der Waals surface area contributed by atoms with Gasteiger partial charge in [0.1, 0.15) is 11.4 Å². The van der Waals surface area contributed by atoms with Crippen molar-refractivity contribution in [1.29, 1.82) is 0 Å². The predicted octanol–water partition coefficient (Wildman–Crippen LogP) is 2.20. The topological polar surface area (TPSA) is 104 Å². The van der Waals surface area contributed by atoms with Crippen molar-refractivity contribution in [2.24, 2.45) is 0 Å². The number of carboxylic acid groups (broad SMARTS) is 1. The molecular formula is C16H16BrN3O4. The lowest BCUT2D eigenvalue weighted by molar-refractivity contribution is -0.138.